The lowest BCUT2D eigenvalue weighted by atomic mass is 10.1. The van der Waals surface area contributed by atoms with Gasteiger partial charge in [-0.3, -0.25) is 9.59 Å². The van der Waals surface area contributed by atoms with E-state index in [-0.39, 0.29) is 18.4 Å². The number of rotatable bonds is 5. The molecule has 0 aliphatic carbocycles. The Bertz CT molecular complexity index is 499. The van der Waals surface area contributed by atoms with Gasteiger partial charge in [0.15, 0.2) is 0 Å². The second kappa shape index (κ2) is 8.03. The van der Waals surface area contributed by atoms with E-state index in [2.05, 4.69) is 5.32 Å². The Kier molecular flexibility index (Phi) is 6.05. The molecule has 21 heavy (non-hydrogen) atoms. The van der Waals surface area contributed by atoms with Gasteiger partial charge < -0.3 is 10.2 Å². The summed E-state index contributed by atoms with van der Waals surface area (Å²) in [5, 5.41) is 3.37. The van der Waals surface area contributed by atoms with Gasteiger partial charge in [0.25, 0.3) is 0 Å². The lowest BCUT2D eigenvalue weighted by Crippen LogP contribution is -2.42. The number of hydrogen-bond acceptors (Lipinski definition) is 2. The van der Waals surface area contributed by atoms with Crippen LogP contribution in [0.3, 0.4) is 0 Å². The van der Waals surface area contributed by atoms with E-state index in [9.17, 15) is 9.59 Å². The van der Waals surface area contributed by atoms with Crippen LogP contribution in [-0.2, 0) is 16.0 Å². The molecule has 0 unspecified atom stereocenters. The van der Waals surface area contributed by atoms with Gasteiger partial charge in [-0.1, -0.05) is 29.8 Å². The predicted octanol–water partition coefficient (Wildman–Crippen LogP) is 2.40. The number of nitrogens with one attached hydrogen (secondary N) is 1. The molecule has 0 spiro atoms. The number of carbonyl (C=O) groups excluding carboxylic acids is 2. The SMILES string of the molecule is O=C(CCc1ccccc1Cl)NCC(=O)N1CCCCC1. The summed E-state index contributed by atoms with van der Waals surface area (Å²) in [5.41, 5.74) is 0.955. The Balaban J connectivity index is 1.70. The summed E-state index contributed by atoms with van der Waals surface area (Å²) in [7, 11) is 0. The molecule has 1 aromatic carbocycles. The van der Waals surface area contributed by atoms with Crippen LogP contribution < -0.4 is 5.32 Å². The fraction of sp³-hybridized carbons (Fsp3) is 0.500. The number of benzene rings is 1. The van der Waals surface area contributed by atoms with E-state index in [4.69, 9.17) is 11.6 Å². The quantitative estimate of drug-likeness (QED) is 0.908. The molecule has 1 aliphatic heterocycles. The molecule has 1 fully saturated rings. The third kappa shape index (κ3) is 5.05. The van der Waals surface area contributed by atoms with Crippen molar-refractivity contribution in [2.24, 2.45) is 0 Å². The first-order valence-corrected chi connectivity index (χ1v) is 7.82. The zero-order chi connectivity index (χ0) is 15.1. The molecular formula is C16H21ClN2O2. The highest BCUT2D eigenvalue weighted by molar-refractivity contribution is 6.31. The summed E-state index contributed by atoms with van der Waals surface area (Å²) in [6.45, 7) is 1.73. The standard InChI is InChI=1S/C16H21ClN2O2/c17-14-7-3-2-6-13(14)8-9-15(20)18-12-16(21)19-10-4-1-5-11-19/h2-3,6-7H,1,4-5,8-12H2,(H,18,20). The first-order chi connectivity index (χ1) is 10.2. The second-order valence-electron chi connectivity index (χ2n) is 5.31. The van der Waals surface area contributed by atoms with Crippen LogP contribution in [0.25, 0.3) is 0 Å². The van der Waals surface area contributed by atoms with Crippen LogP contribution in [0.5, 0.6) is 0 Å². The normalized spacial score (nSPS) is 14.8. The van der Waals surface area contributed by atoms with Crippen LogP contribution in [0, 0.1) is 0 Å². The van der Waals surface area contributed by atoms with Gasteiger partial charge in [0, 0.05) is 24.5 Å². The van der Waals surface area contributed by atoms with E-state index in [1.807, 2.05) is 29.2 Å². The number of nitrogens with zero attached hydrogens (tertiary/aromatic N) is 1. The summed E-state index contributed by atoms with van der Waals surface area (Å²) in [4.78, 5) is 25.5. The number of likely N-dealkylation sites (tertiary alicyclic amines) is 1. The van der Waals surface area contributed by atoms with Gasteiger partial charge in [-0.15, -0.1) is 0 Å². The molecule has 0 bridgehead atoms. The van der Waals surface area contributed by atoms with Crippen molar-refractivity contribution < 1.29 is 9.59 Å². The topological polar surface area (TPSA) is 49.4 Å². The van der Waals surface area contributed by atoms with Crippen LogP contribution in [0.1, 0.15) is 31.2 Å². The van der Waals surface area contributed by atoms with Crippen LogP contribution in [0.4, 0.5) is 0 Å². The third-order valence-electron chi connectivity index (χ3n) is 3.72. The summed E-state index contributed by atoms with van der Waals surface area (Å²) >= 11 is 6.04. The van der Waals surface area contributed by atoms with Crippen molar-refractivity contribution in [1.82, 2.24) is 10.2 Å². The van der Waals surface area contributed by atoms with Gasteiger partial charge in [-0.2, -0.15) is 0 Å². The zero-order valence-corrected chi connectivity index (χ0v) is 12.9. The molecule has 0 saturated carbocycles. The fourth-order valence-corrected chi connectivity index (χ4v) is 2.70. The van der Waals surface area contributed by atoms with Crippen molar-refractivity contribution in [2.45, 2.75) is 32.1 Å². The molecule has 2 amide bonds. The summed E-state index contributed by atoms with van der Waals surface area (Å²) in [5.74, 6) is -0.0962. The highest BCUT2D eigenvalue weighted by atomic mass is 35.5. The number of hydrogen-bond donors (Lipinski definition) is 1. The van der Waals surface area contributed by atoms with Crippen LogP contribution in [0.15, 0.2) is 24.3 Å². The molecule has 1 aliphatic rings. The smallest absolute Gasteiger partial charge is 0.241 e. The zero-order valence-electron chi connectivity index (χ0n) is 12.1. The predicted molar refractivity (Wildman–Crippen MR) is 83.2 cm³/mol. The average molecular weight is 309 g/mol. The number of aryl methyl sites for hydroxylation is 1. The minimum absolute atomic E-state index is 0.0146. The first kappa shape index (κ1) is 15.8. The molecule has 1 aromatic rings. The molecular weight excluding hydrogens is 288 g/mol. The van der Waals surface area contributed by atoms with Crippen LogP contribution >= 0.6 is 11.6 Å². The third-order valence-corrected chi connectivity index (χ3v) is 4.09. The van der Waals surface area contributed by atoms with E-state index in [0.717, 1.165) is 31.5 Å². The van der Waals surface area contributed by atoms with Crippen molar-refractivity contribution in [3.63, 3.8) is 0 Å². The van der Waals surface area contributed by atoms with Crippen molar-refractivity contribution in [3.05, 3.63) is 34.9 Å². The van der Waals surface area contributed by atoms with E-state index < -0.39 is 0 Å². The van der Waals surface area contributed by atoms with Crippen molar-refractivity contribution >= 4 is 23.4 Å². The Labute approximate surface area is 130 Å². The average Bonchev–Trinajstić information content (AvgIpc) is 2.52. The molecule has 0 radical (unpaired) electrons. The summed E-state index contributed by atoms with van der Waals surface area (Å²) < 4.78 is 0. The van der Waals surface area contributed by atoms with E-state index >= 15 is 0 Å². The maximum atomic E-state index is 11.9. The lowest BCUT2D eigenvalue weighted by molar-refractivity contribution is -0.133. The monoisotopic (exact) mass is 308 g/mol. The largest absolute Gasteiger partial charge is 0.347 e. The Morgan fingerprint density at radius 3 is 2.57 bits per heavy atom. The summed E-state index contributed by atoms with van der Waals surface area (Å²) in [6.07, 6.45) is 4.24. The van der Waals surface area contributed by atoms with Gasteiger partial charge in [-0.25, -0.2) is 0 Å². The van der Waals surface area contributed by atoms with Gasteiger partial charge in [0.05, 0.1) is 6.54 Å². The highest BCUT2D eigenvalue weighted by Gasteiger charge is 2.16. The van der Waals surface area contributed by atoms with E-state index in [1.165, 1.54) is 6.42 Å². The molecule has 114 valence electrons. The Morgan fingerprint density at radius 2 is 1.86 bits per heavy atom. The van der Waals surface area contributed by atoms with Crippen LogP contribution in [-0.4, -0.2) is 36.3 Å². The maximum Gasteiger partial charge on any atom is 0.241 e. The molecule has 1 heterocycles. The van der Waals surface area contributed by atoms with E-state index in [0.29, 0.717) is 17.9 Å². The number of halogens is 1. The van der Waals surface area contributed by atoms with Crippen molar-refractivity contribution in [1.29, 1.82) is 0 Å². The molecule has 2 rings (SSSR count). The second-order valence-corrected chi connectivity index (χ2v) is 5.72. The van der Waals surface area contributed by atoms with Crippen molar-refractivity contribution in [3.8, 4) is 0 Å². The van der Waals surface area contributed by atoms with Gasteiger partial charge in [0.1, 0.15) is 0 Å². The maximum absolute atomic E-state index is 11.9. The highest BCUT2D eigenvalue weighted by Crippen LogP contribution is 2.16. The molecule has 1 N–H and O–H groups in total. The molecule has 0 atom stereocenters. The minimum Gasteiger partial charge on any atom is -0.347 e. The lowest BCUT2D eigenvalue weighted by Gasteiger charge is -2.26. The van der Waals surface area contributed by atoms with Crippen LogP contribution in [0.2, 0.25) is 5.02 Å². The van der Waals surface area contributed by atoms with Crippen molar-refractivity contribution in [2.75, 3.05) is 19.6 Å². The number of amides is 2. The van der Waals surface area contributed by atoms with Gasteiger partial charge >= 0.3 is 0 Å². The first-order valence-electron chi connectivity index (χ1n) is 7.44. The summed E-state index contributed by atoms with van der Waals surface area (Å²) in [6, 6.07) is 7.49. The fourth-order valence-electron chi connectivity index (χ4n) is 2.47. The number of piperidine rings is 1. The molecule has 5 heteroatoms. The Morgan fingerprint density at radius 1 is 1.14 bits per heavy atom. The van der Waals surface area contributed by atoms with E-state index in [1.54, 1.807) is 0 Å². The molecule has 4 nitrogen and oxygen atoms in total. The number of carbonyl (C=O) groups is 2. The Hall–Kier alpha value is -1.55. The molecule has 0 aromatic heterocycles. The van der Waals surface area contributed by atoms with Gasteiger partial charge in [-0.05, 0) is 37.3 Å². The van der Waals surface area contributed by atoms with Gasteiger partial charge in [0.2, 0.25) is 11.8 Å². The minimum atomic E-state index is -0.111. The molecule has 1 saturated heterocycles.